The van der Waals surface area contributed by atoms with Gasteiger partial charge in [-0.15, -0.1) is 10.2 Å². The van der Waals surface area contributed by atoms with Gasteiger partial charge >= 0.3 is 0 Å². The van der Waals surface area contributed by atoms with Gasteiger partial charge in [-0.1, -0.05) is 18.2 Å². The van der Waals surface area contributed by atoms with Crippen LogP contribution in [0.4, 0.5) is 11.6 Å². The number of amides is 1. The van der Waals surface area contributed by atoms with Crippen LogP contribution in [0.15, 0.2) is 35.1 Å². The van der Waals surface area contributed by atoms with Gasteiger partial charge in [-0.25, -0.2) is 0 Å². The summed E-state index contributed by atoms with van der Waals surface area (Å²) in [6.07, 6.45) is 0.806. The van der Waals surface area contributed by atoms with Gasteiger partial charge in [-0.05, 0) is 39.2 Å². The first-order chi connectivity index (χ1) is 12.1. The minimum atomic E-state index is -0.468. The van der Waals surface area contributed by atoms with E-state index in [2.05, 4.69) is 15.5 Å². The first kappa shape index (κ1) is 17.1. The Kier molecular flexibility index (Phi) is 5.08. The molecular weight excluding hydrogens is 320 g/mol. The highest BCUT2D eigenvalue weighted by atomic mass is 16.2. The smallest absolute Gasteiger partial charge is 0.286 e. The maximum atomic E-state index is 12.6. The van der Waals surface area contributed by atoms with Crippen molar-refractivity contribution in [2.75, 3.05) is 38.6 Å². The summed E-state index contributed by atoms with van der Waals surface area (Å²) in [4.78, 5) is 28.8. The van der Waals surface area contributed by atoms with Gasteiger partial charge in [-0.2, -0.15) is 0 Å². The maximum Gasteiger partial charge on any atom is 0.286 e. The van der Waals surface area contributed by atoms with Gasteiger partial charge in [0.2, 0.25) is 11.6 Å². The minimum Gasteiger partial charge on any atom is -0.350 e. The lowest BCUT2D eigenvalue weighted by molar-refractivity contribution is 0.0944. The Morgan fingerprint density at radius 3 is 2.68 bits per heavy atom. The van der Waals surface area contributed by atoms with Gasteiger partial charge in [-0.3, -0.25) is 14.2 Å². The Hall–Kier alpha value is -2.74. The molecule has 2 aromatic rings. The molecule has 0 fully saturated rings. The maximum absolute atomic E-state index is 12.6. The van der Waals surface area contributed by atoms with E-state index in [0.29, 0.717) is 25.6 Å². The second-order valence-electron chi connectivity index (χ2n) is 6.21. The average Bonchev–Trinajstić information content (AvgIpc) is 3.04. The van der Waals surface area contributed by atoms with Crippen LogP contribution in [0.3, 0.4) is 0 Å². The molecule has 0 unspecified atom stereocenters. The third-order valence-electron chi connectivity index (χ3n) is 4.07. The Morgan fingerprint density at radius 2 is 1.96 bits per heavy atom. The lowest BCUT2D eigenvalue weighted by Gasteiger charge is -2.16. The number of carbonyl (C=O) groups is 1. The number of benzene rings is 1. The van der Waals surface area contributed by atoms with Crippen LogP contribution in [0.2, 0.25) is 0 Å². The van der Waals surface area contributed by atoms with Crippen molar-refractivity contribution in [3.05, 3.63) is 46.4 Å². The number of rotatable bonds is 6. The van der Waals surface area contributed by atoms with E-state index < -0.39 is 11.5 Å². The fraction of sp³-hybridized carbons (Fsp3) is 0.412. The Bertz CT molecular complexity index is 803. The molecule has 1 aromatic carbocycles. The van der Waals surface area contributed by atoms with E-state index in [1.807, 2.05) is 54.2 Å². The largest absolute Gasteiger partial charge is 0.350 e. The molecule has 1 aliphatic heterocycles. The summed E-state index contributed by atoms with van der Waals surface area (Å²) in [6, 6.07) is 9.70. The summed E-state index contributed by atoms with van der Waals surface area (Å²) >= 11 is 0. The highest BCUT2D eigenvalue weighted by molar-refractivity contribution is 5.91. The SMILES string of the molecule is CN(C)CCCNC(=O)c1nnc2n(c1=O)CCN2c1ccccc1. The number of para-hydroxylation sites is 1. The first-order valence-electron chi connectivity index (χ1n) is 8.31. The van der Waals surface area contributed by atoms with Crippen molar-refractivity contribution in [1.29, 1.82) is 0 Å². The van der Waals surface area contributed by atoms with Gasteiger partial charge in [0.25, 0.3) is 11.5 Å². The standard InChI is InChI=1S/C17H22N6O2/c1-21(2)10-6-9-18-15(24)14-16(25)23-12-11-22(17(23)20-19-14)13-7-4-3-5-8-13/h3-5,7-8H,6,9-12H2,1-2H3,(H,18,24). The van der Waals surface area contributed by atoms with Gasteiger partial charge < -0.3 is 15.1 Å². The molecule has 0 saturated heterocycles. The predicted molar refractivity (Wildman–Crippen MR) is 95.2 cm³/mol. The van der Waals surface area contributed by atoms with Crippen molar-refractivity contribution in [2.45, 2.75) is 13.0 Å². The third kappa shape index (κ3) is 3.69. The van der Waals surface area contributed by atoms with Crippen molar-refractivity contribution in [2.24, 2.45) is 0 Å². The molecule has 1 amide bonds. The third-order valence-corrected chi connectivity index (χ3v) is 4.07. The van der Waals surface area contributed by atoms with Crippen LogP contribution in [-0.4, -0.2) is 59.3 Å². The molecule has 0 bridgehead atoms. The van der Waals surface area contributed by atoms with E-state index in [1.54, 1.807) is 0 Å². The summed E-state index contributed by atoms with van der Waals surface area (Å²) < 4.78 is 1.51. The zero-order chi connectivity index (χ0) is 17.8. The number of anilines is 2. The topological polar surface area (TPSA) is 83.4 Å². The highest BCUT2D eigenvalue weighted by Crippen LogP contribution is 2.25. The highest BCUT2D eigenvalue weighted by Gasteiger charge is 2.26. The van der Waals surface area contributed by atoms with Gasteiger partial charge in [0, 0.05) is 25.3 Å². The zero-order valence-electron chi connectivity index (χ0n) is 14.5. The number of hydrogen-bond donors (Lipinski definition) is 1. The molecule has 1 aliphatic rings. The molecule has 1 aromatic heterocycles. The summed E-state index contributed by atoms with van der Waals surface area (Å²) in [5.41, 5.74) is 0.403. The van der Waals surface area contributed by atoms with E-state index in [9.17, 15) is 9.59 Å². The fourth-order valence-electron chi connectivity index (χ4n) is 2.79. The fourth-order valence-corrected chi connectivity index (χ4v) is 2.79. The van der Waals surface area contributed by atoms with Crippen molar-refractivity contribution in [1.82, 2.24) is 25.0 Å². The molecule has 0 aliphatic carbocycles. The minimum absolute atomic E-state index is 0.150. The molecule has 25 heavy (non-hydrogen) atoms. The number of hydrogen-bond acceptors (Lipinski definition) is 6. The normalized spacial score (nSPS) is 13.2. The van der Waals surface area contributed by atoms with E-state index in [0.717, 1.165) is 18.7 Å². The molecule has 0 spiro atoms. The summed E-state index contributed by atoms with van der Waals surface area (Å²) in [7, 11) is 3.94. The van der Waals surface area contributed by atoms with E-state index in [1.165, 1.54) is 4.57 Å². The van der Waals surface area contributed by atoms with Crippen LogP contribution in [-0.2, 0) is 6.54 Å². The molecule has 2 heterocycles. The molecular formula is C17H22N6O2. The quantitative estimate of drug-likeness (QED) is 0.769. The molecule has 0 radical (unpaired) electrons. The Morgan fingerprint density at radius 1 is 1.20 bits per heavy atom. The van der Waals surface area contributed by atoms with E-state index in [4.69, 9.17) is 0 Å². The molecule has 1 N–H and O–H groups in total. The number of carbonyl (C=O) groups excluding carboxylic acids is 1. The number of nitrogens with one attached hydrogen (secondary N) is 1. The van der Waals surface area contributed by atoms with E-state index >= 15 is 0 Å². The average molecular weight is 342 g/mol. The number of nitrogens with zero attached hydrogens (tertiary/aromatic N) is 5. The van der Waals surface area contributed by atoms with Crippen LogP contribution in [0, 0.1) is 0 Å². The van der Waals surface area contributed by atoms with Crippen molar-refractivity contribution in [3.63, 3.8) is 0 Å². The molecule has 0 atom stereocenters. The van der Waals surface area contributed by atoms with Gasteiger partial charge in [0.1, 0.15) is 0 Å². The van der Waals surface area contributed by atoms with Crippen molar-refractivity contribution < 1.29 is 4.79 Å². The number of fused-ring (bicyclic) bond motifs is 1. The summed E-state index contributed by atoms with van der Waals surface area (Å²) in [5.74, 6) is 0.00470. The lowest BCUT2D eigenvalue weighted by Crippen LogP contribution is -2.35. The molecule has 8 nitrogen and oxygen atoms in total. The summed E-state index contributed by atoms with van der Waals surface area (Å²) in [6.45, 7) is 2.47. The zero-order valence-corrected chi connectivity index (χ0v) is 14.5. The summed E-state index contributed by atoms with van der Waals surface area (Å²) in [5, 5.41) is 10.8. The van der Waals surface area contributed by atoms with Crippen LogP contribution in [0.25, 0.3) is 0 Å². The van der Waals surface area contributed by atoms with Crippen LogP contribution in [0.1, 0.15) is 16.9 Å². The second kappa shape index (κ2) is 7.43. The van der Waals surface area contributed by atoms with Crippen LogP contribution >= 0.6 is 0 Å². The van der Waals surface area contributed by atoms with Crippen LogP contribution < -0.4 is 15.8 Å². The molecule has 3 rings (SSSR count). The number of aromatic nitrogens is 3. The van der Waals surface area contributed by atoms with Gasteiger partial charge in [0.05, 0.1) is 0 Å². The predicted octanol–water partition coefficient (Wildman–Crippen LogP) is 0.472. The Labute approximate surface area is 146 Å². The van der Waals surface area contributed by atoms with Crippen molar-refractivity contribution in [3.8, 4) is 0 Å². The van der Waals surface area contributed by atoms with Gasteiger partial charge in [0.15, 0.2) is 0 Å². The molecule has 132 valence electrons. The van der Waals surface area contributed by atoms with E-state index in [-0.39, 0.29) is 5.69 Å². The Balaban J connectivity index is 1.75. The van der Waals surface area contributed by atoms with Crippen LogP contribution in [0.5, 0.6) is 0 Å². The first-order valence-corrected chi connectivity index (χ1v) is 8.31. The molecule has 8 heteroatoms. The monoisotopic (exact) mass is 342 g/mol. The molecule has 0 saturated carbocycles. The second-order valence-corrected chi connectivity index (χ2v) is 6.21. The lowest BCUT2D eigenvalue weighted by atomic mass is 10.3. The van der Waals surface area contributed by atoms with Crippen molar-refractivity contribution >= 4 is 17.5 Å².